The van der Waals surface area contributed by atoms with Gasteiger partial charge in [0.2, 0.25) is 0 Å². The molecule has 0 saturated carbocycles. The van der Waals surface area contributed by atoms with Gasteiger partial charge in [-0.15, -0.1) is 0 Å². The van der Waals surface area contributed by atoms with Crippen molar-refractivity contribution in [3.05, 3.63) is 12.3 Å². The molecule has 0 atom stereocenters. The first-order valence-electron chi connectivity index (χ1n) is 1.64. The largest absolute Gasteiger partial charge is 0.428 e. The summed E-state index contributed by atoms with van der Waals surface area (Å²) in [5, 5.41) is 0. The van der Waals surface area contributed by atoms with Crippen LogP contribution in [0.25, 0.3) is 0 Å². The number of ketones is 1. The van der Waals surface area contributed by atoms with Gasteiger partial charge in [0.25, 0.3) is 5.78 Å². The molecule has 0 aromatic rings. The maximum absolute atomic E-state index is 9.96. The maximum atomic E-state index is 9.96. The first-order chi connectivity index (χ1) is 3.30. The smallest absolute Gasteiger partial charge is 0.384 e. The van der Waals surface area contributed by atoms with E-state index in [4.69, 9.17) is 0 Å². The van der Waals surface area contributed by atoms with Crippen molar-refractivity contribution in [2.45, 2.75) is 0 Å². The highest BCUT2D eigenvalue weighted by Gasteiger charge is 2.16. The van der Waals surface area contributed by atoms with E-state index in [0.717, 1.165) is 6.26 Å². The highest BCUT2D eigenvalue weighted by molar-refractivity contribution is 6.38. The van der Waals surface area contributed by atoms with Gasteiger partial charge in [-0.2, -0.15) is 0 Å². The maximum Gasteiger partial charge on any atom is 0.384 e. The summed E-state index contributed by atoms with van der Waals surface area (Å²) in [5.41, 5.74) is 0. The first-order valence-corrected chi connectivity index (χ1v) is 1.64. The monoisotopic (exact) mass is 97.0 g/mol. The fourth-order valence-electron chi connectivity index (χ4n) is 0.249. The molecule has 0 aromatic carbocycles. The Labute approximate surface area is 39.6 Å². The Balaban J connectivity index is 2.81. The van der Waals surface area contributed by atoms with Gasteiger partial charge in [-0.25, -0.2) is 4.79 Å². The Bertz CT molecular complexity index is 145. The number of carbonyl (C=O) groups is 2. The molecule has 35 valence electrons. The van der Waals surface area contributed by atoms with Gasteiger partial charge in [-0.05, 0) is 0 Å². The lowest BCUT2D eigenvalue weighted by molar-refractivity contribution is -0.145. The number of ether oxygens (including phenoxy) is 1. The van der Waals surface area contributed by atoms with Gasteiger partial charge in [0.15, 0.2) is 0 Å². The van der Waals surface area contributed by atoms with Crippen LogP contribution in [0.3, 0.4) is 0 Å². The van der Waals surface area contributed by atoms with Crippen LogP contribution < -0.4 is 0 Å². The molecule has 0 amide bonds. The second kappa shape index (κ2) is 1.18. The van der Waals surface area contributed by atoms with Gasteiger partial charge in [0.05, 0.1) is 6.08 Å². The zero-order valence-corrected chi connectivity index (χ0v) is 3.30. The van der Waals surface area contributed by atoms with Crippen LogP contribution in [0.15, 0.2) is 6.26 Å². The summed E-state index contributed by atoms with van der Waals surface area (Å²) >= 11 is 0. The van der Waals surface area contributed by atoms with Crippen molar-refractivity contribution in [1.29, 1.82) is 0 Å². The number of carbonyl (C=O) groups excluding carboxylic acids is 2. The number of hydrogen-bond acceptors (Lipinski definition) is 3. The summed E-state index contributed by atoms with van der Waals surface area (Å²) in [6.07, 6.45) is 2.98. The van der Waals surface area contributed by atoms with Gasteiger partial charge in [-0.3, -0.25) is 4.79 Å². The molecule has 7 heavy (non-hydrogen) atoms. The Kier molecular flexibility index (Phi) is 0.685. The van der Waals surface area contributed by atoms with Crippen molar-refractivity contribution in [2.75, 3.05) is 0 Å². The molecular weight excluding hydrogens is 96.0 g/mol. The van der Waals surface area contributed by atoms with E-state index in [2.05, 4.69) is 4.74 Å². The predicted molar refractivity (Wildman–Crippen MR) is 18.9 cm³/mol. The van der Waals surface area contributed by atoms with Gasteiger partial charge in [0, 0.05) is 0 Å². The Morgan fingerprint density at radius 2 is 2.29 bits per heavy atom. The Morgan fingerprint density at radius 3 is 2.43 bits per heavy atom. The number of cyclic esters (lactones) is 1. The second-order valence-electron chi connectivity index (χ2n) is 0.997. The molecule has 0 N–H and O–H groups in total. The van der Waals surface area contributed by atoms with Crippen molar-refractivity contribution < 1.29 is 14.3 Å². The average Bonchev–Trinajstić information content (AvgIpc) is 1.91. The first kappa shape index (κ1) is 4.05. The zero-order valence-electron chi connectivity index (χ0n) is 3.30. The van der Waals surface area contributed by atoms with Gasteiger partial charge < -0.3 is 4.74 Å². The molecule has 0 aromatic heterocycles. The SMILES string of the molecule is O=C1[C]=COC1=O. The van der Waals surface area contributed by atoms with E-state index in [0.29, 0.717) is 0 Å². The topological polar surface area (TPSA) is 43.4 Å². The number of hydrogen-bond donors (Lipinski definition) is 0. The average molecular weight is 97.0 g/mol. The lowest BCUT2D eigenvalue weighted by Gasteiger charge is -1.77. The Hall–Kier alpha value is -1.12. The van der Waals surface area contributed by atoms with Crippen molar-refractivity contribution in [3.8, 4) is 0 Å². The highest BCUT2D eigenvalue weighted by atomic mass is 16.5. The van der Waals surface area contributed by atoms with Gasteiger partial charge >= 0.3 is 5.97 Å². The molecule has 0 spiro atoms. The number of Topliss-reactive ketones (excluding diaryl/α,β-unsaturated/α-hetero) is 1. The van der Waals surface area contributed by atoms with E-state index >= 15 is 0 Å². The number of esters is 1. The molecule has 0 saturated heterocycles. The molecule has 0 bridgehead atoms. The summed E-state index contributed by atoms with van der Waals surface area (Å²) < 4.78 is 4.04. The third-order valence-corrected chi connectivity index (χ3v) is 0.541. The van der Waals surface area contributed by atoms with E-state index < -0.39 is 11.8 Å². The molecular formula is C4HO3. The molecule has 1 radical (unpaired) electrons. The van der Waals surface area contributed by atoms with Crippen molar-refractivity contribution >= 4 is 11.8 Å². The molecule has 1 aliphatic rings. The van der Waals surface area contributed by atoms with E-state index in [9.17, 15) is 9.59 Å². The fourth-order valence-corrected chi connectivity index (χ4v) is 0.249. The third kappa shape index (κ3) is 0.513. The van der Waals surface area contributed by atoms with Crippen LogP contribution in [0.4, 0.5) is 0 Å². The quantitative estimate of drug-likeness (QED) is 0.300. The van der Waals surface area contributed by atoms with Gasteiger partial charge in [-0.1, -0.05) is 0 Å². The lowest BCUT2D eigenvalue weighted by atomic mass is 10.4. The van der Waals surface area contributed by atoms with Crippen LogP contribution in [0.2, 0.25) is 0 Å². The van der Waals surface area contributed by atoms with Crippen LogP contribution >= 0.6 is 0 Å². The minimum absolute atomic E-state index is 0.708. The molecule has 3 nitrogen and oxygen atoms in total. The van der Waals surface area contributed by atoms with Crippen LogP contribution in [0.1, 0.15) is 0 Å². The van der Waals surface area contributed by atoms with E-state index in [1.807, 2.05) is 6.08 Å². The molecule has 0 unspecified atom stereocenters. The van der Waals surface area contributed by atoms with Crippen molar-refractivity contribution in [2.24, 2.45) is 0 Å². The van der Waals surface area contributed by atoms with E-state index in [1.54, 1.807) is 0 Å². The third-order valence-electron chi connectivity index (χ3n) is 0.541. The Morgan fingerprint density at radius 1 is 1.57 bits per heavy atom. The predicted octanol–water partition coefficient (Wildman–Crippen LogP) is -0.571. The fraction of sp³-hybridized carbons (Fsp3) is 0. The molecule has 3 heteroatoms. The summed E-state index contributed by atoms with van der Waals surface area (Å²) in [6.45, 7) is 0. The standard InChI is InChI=1S/C4HO3/c5-3-1-2-7-4(3)6/h2H. The summed E-state index contributed by atoms with van der Waals surface area (Å²) in [5.74, 6) is -1.56. The van der Waals surface area contributed by atoms with Crippen molar-refractivity contribution in [3.63, 3.8) is 0 Å². The second-order valence-corrected chi connectivity index (χ2v) is 0.997. The van der Waals surface area contributed by atoms with Crippen LogP contribution in [-0.2, 0) is 14.3 Å². The van der Waals surface area contributed by atoms with Crippen molar-refractivity contribution in [1.82, 2.24) is 0 Å². The molecule has 1 aliphatic heterocycles. The summed E-state index contributed by atoms with van der Waals surface area (Å²) in [7, 11) is 0. The molecule has 0 aliphatic carbocycles. The molecule has 0 fully saturated rings. The normalized spacial score (nSPS) is 17.7. The lowest BCUT2D eigenvalue weighted by Crippen LogP contribution is -2.04. The van der Waals surface area contributed by atoms with Crippen LogP contribution in [0, 0.1) is 6.08 Å². The minimum atomic E-state index is -0.847. The molecule has 1 rings (SSSR count). The van der Waals surface area contributed by atoms with E-state index in [1.165, 1.54) is 0 Å². The highest BCUT2D eigenvalue weighted by Crippen LogP contribution is 1.91. The zero-order chi connectivity index (χ0) is 5.28. The van der Waals surface area contributed by atoms with E-state index in [-0.39, 0.29) is 0 Å². The minimum Gasteiger partial charge on any atom is -0.428 e. The summed E-state index contributed by atoms with van der Waals surface area (Å²) in [6, 6.07) is 0. The number of rotatable bonds is 0. The summed E-state index contributed by atoms with van der Waals surface area (Å²) in [4.78, 5) is 19.9. The van der Waals surface area contributed by atoms with Crippen LogP contribution in [0.5, 0.6) is 0 Å². The molecule has 1 heterocycles. The van der Waals surface area contributed by atoms with Gasteiger partial charge in [0.1, 0.15) is 6.26 Å². The van der Waals surface area contributed by atoms with Crippen LogP contribution in [-0.4, -0.2) is 11.8 Å².